The van der Waals surface area contributed by atoms with Crippen molar-refractivity contribution in [1.29, 1.82) is 0 Å². The van der Waals surface area contributed by atoms with E-state index in [4.69, 9.17) is 0 Å². The Morgan fingerprint density at radius 3 is 3.00 bits per heavy atom. The molecule has 3 nitrogen and oxygen atoms in total. The minimum atomic E-state index is 0.481. The minimum absolute atomic E-state index is 0.481. The van der Waals surface area contributed by atoms with E-state index < -0.39 is 0 Å². The van der Waals surface area contributed by atoms with Crippen molar-refractivity contribution in [2.75, 3.05) is 7.05 Å². The number of imidazole rings is 1. The quantitative estimate of drug-likeness (QED) is 0.748. The van der Waals surface area contributed by atoms with Crippen LogP contribution in [-0.4, -0.2) is 16.6 Å². The molecule has 0 amide bonds. The predicted octanol–water partition coefficient (Wildman–Crippen LogP) is 1.67. The lowest BCUT2D eigenvalue weighted by Crippen LogP contribution is -2.13. The first-order valence-electron chi connectivity index (χ1n) is 4.97. The lowest BCUT2D eigenvalue weighted by molar-refractivity contribution is 0.554. The number of rotatable bonds is 2. The van der Waals surface area contributed by atoms with Crippen molar-refractivity contribution in [1.82, 2.24) is 14.9 Å². The maximum absolute atomic E-state index is 4.47. The maximum Gasteiger partial charge on any atom is 0.0954 e. The highest BCUT2D eigenvalue weighted by Crippen LogP contribution is 2.30. The van der Waals surface area contributed by atoms with Crippen LogP contribution in [0.15, 0.2) is 6.33 Å². The van der Waals surface area contributed by atoms with Crippen molar-refractivity contribution in [3.63, 3.8) is 0 Å². The van der Waals surface area contributed by atoms with E-state index in [9.17, 15) is 0 Å². The Balaban J connectivity index is 2.36. The Kier molecular flexibility index (Phi) is 2.12. The van der Waals surface area contributed by atoms with E-state index in [1.54, 1.807) is 0 Å². The third-order valence-corrected chi connectivity index (χ3v) is 2.83. The molecule has 1 unspecified atom stereocenters. The molecule has 1 aromatic heterocycles. The zero-order valence-electron chi connectivity index (χ0n) is 8.54. The van der Waals surface area contributed by atoms with Gasteiger partial charge >= 0.3 is 0 Å². The Hall–Kier alpha value is -0.830. The second kappa shape index (κ2) is 3.14. The summed E-state index contributed by atoms with van der Waals surface area (Å²) in [6.45, 7) is 4.41. The molecule has 13 heavy (non-hydrogen) atoms. The van der Waals surface area contributed by atoms with Crippen LogP contribution in [0.2, 0.25) is 0 Å². The minimum Gasteiger partial charge on any atom is -0.332 e. The molecule has 1 aliphatic rings. The van der Waals surface area contributed by atoms with Crippen LogP contribution in [0.25, 0.3) is 0 Å². The van der Waals surface area contributed by atoms with Crippen LogP contribution in [0, 0.1) is 0 Å². The fourth-order valence-corrected chi connectivity index (χ4v) is 2.09. The molecule has 0 saturated heterocycles. The van der Waals surface area contributed by atoms with Crippen LogP contribution in [0.5, 0.6) is 0 Å². The van der Waals surface area contributed by atoms with Crippen LogP contribution >= 0.6 is 0 Å². The van der Waals surface area contributed by atoms with Crippen LogP contribution in [0.1, 0.15) is 43.7 Å². The number of aromatic nitrogens is 2. The van der Waals surface area contributed by atoms with Gasteiger partial charge in [-0.2, -0.15) is 0 Å². The zero-order valence-corrected chi connectivity index (χ0v) is 8.54. The molecule has 0 fully saturated rings. The van der Waals surface area contributed by atoms with Gasteiger partial charge in [-0.05, 0) is 33.7 Å². The van der Waals surface area contributed by atoms with Crippen LogP contribution in [0.4, 0.5) is 0 Å². The monoisotopic (exact) mass is 179 g/mol. The average molecular weight is 179 g/mol. The van der Waals surface area contributed by atoms with E-state index in [0.717, 1.165) is 0 Å². The number of nitrogens with zero attached hydrogens (tertiary/aromatic N) is 2. The fraction of sp³-hybridized carbons (Fsp3) is 0.700. The number of fused-ring (bicyclic) bond motifs is 1. The summed E-state index contributed by atoms with van der Waals surface area (Å²) in [4.78, 5) is 4.47. The summed E-state index contributed by atoms with van der Waals surface area (Å²) >= 11 is 0. The third-order valence-electron chi connectivity index (χ3n) is 2.83. The zero-order chi connectivity index (χ0) is 9.42. The Labute approximate surface area is 79.2 Å². The second-order valence-corrected chi connectivity index (χ2v) is 3.96. The molecule has 2 rings (SSSR count). The van der Waals surface area contributed by atoms with Crippen LogP contribution in [0.3, 0.4) is 0 Å². The highest BCUT2D eigenvalue weighted by molar-refractivity contribution is 5.23. The Morgan fingerprint density at radius 1 is 1.62 bits per heavy atom. The molecule has 0 aliphatic heterocycles. The van der Waals surface area contributed by atoms with Gasteiger partial charge < -0.3 is 9.88 Å². The summed E-state index contributed by atoms with van der Waals surface area (Å²) in [5, 5.41) is 3.30. The van der Waals surface area contributed by atoms with Gasteiger partial charge in [0.15, 0.2) is 0 Å². The summed E-state index contributed by atoms with van der Waals surface area (Å²) in [7, 11) is 2.01. The first kappa shape index (κ1) is 8.75. The van der Waals surface area contributed by atoms with Gasteiger partial charge in [-0.25, -0.2) is 4.98 Å². The Bertz CT molecular complexity index is 301. The normalized spacial score (nSPS) is 21.1. The molecule has 72 valence electrons. The molecule has 0 aromatic carbocycles. The molecule has 1 aromatic rings. The van der Waals surface area contributed by atoms with E-state index in [1.165, 1.54) is 24.2 Å². The van der Waals surface area contributed by atoms with Crippen molar-refractivity contribution in [2.45, 2.75) is 38.8 Å². The van der Waals surface area contributed by atoms with Gasteiger partial charge in [0.2, 0.25) is 0 Å². The highest BCUT2D eigenvalue weighted by atomic mass is 15.1. The number of hydrogen-bond acceptors (Lipinski definition) is 2. The molecule has 1 heterocycles. The topological polar surface area (TPSA) is 29.9 Å². The summed E-state index contributed by atoms with van der Waals surface area (Å²) < 4.78 is 2.28. The van der Waals surface area contributed by atoms with E-state index in [0.29, 0.717) is 12.1 Å². The van der Waals surface area contributed by atoms with Gasteiger partial charge in [0.05, 0.1) is 18.1 Å². The lowest BCUT2D eigenvalue weighted by atomic mass is 10.2. The van der Waals surface area contributed by atoms with Crippen molar-refractivity contribution < 1.29 is 0 Å². The first-order valence-corrected chi connectivity index (χ1v) is 4.97. The smallest absolute Gasteiger partial charge is 0.0954 e. The van der Waals surface area contributed by atoms with Crippen LogP contribution < -0.4 is 5.32 Å². The molecular weight excluding hydrogens is 162 g/mol. The van der Waals surface area contributed by atoms with Crippen molar-refractivity contribution >= 4 is 0 Å². The van der Waals surface area contributed by atoms with Gasteiger partial charge in [-0.1, -0.05) is 0 Å². The molecule has 0 bridgehead atoms. The van der Waals surface area contributed by atoms with Gasteiger partial charge in [0, 0.05) is 11.7 Å². The van der Waals surface area contributed by atoms with Gasteiger partial charge in [0.1, 0.15) is 0 Å². The first-order chi connectivity index (χ1) is 6.24. The Morgan fingerprint density at radius 2 is 2.38 bits per heavy atom. The summed E-state index contributed by atoms with van der Waals surface area (Å²) in [5.41, 5.74) is 2.69. The summed E-state index contributed by atoms with van der Waals surface area (Å²) in [5.74, 6) is 0. The molecule has 1 atom stereocenters. The van der Waals surface area contributed by atoms with E-state index in [1.807, 2.05) is 13.4 Å². The molecule has 1 aliphatic carbocycles. The predicted molar refractivity (Wildman–Crippen MR) is 52.7 cm³/mol. The van der Waals surface area contributed by atoms with Gasteiger partial charge in [-0.3, -0.25) is 0 Å². The lowest BCUT2D eigenvalue weighted by Gasteiger charge is -2.09. The molecule has 0 saturated carbocycles. The van der Waals surface area contributed by atoms with E-state index in [2.05, 4.69) is 28.7 Å². The molecule has 1 N–H and O–H groups in total. The highest BCUT2D eigenvalue weighted by Gasteiger charge is 2.26. The summed E-state index contributed by atoms with van der Waals surface area (Å²) in [6, 6.07) is 1.02. The van der Waals surface area contributed by atoms with E-state index in [-0.39, 0.29) is 0 Å². The van der Waals surface area contributed by atoms with Crippen molar-refractivity contribution in [3.8, 4) is 0 Å². The standard InChI is InChI=1S/C10H17N3/c1-7(2)13-6-12-10-8(11-3)4-5-9(10)13/h6-8,11H,4-5H2,1-3H3. The summed E-state index contributed by atoms with van der Waals surface area (Å²) in [6.07, 6.45) is 4.33. The van der Waals surface area contributed by atoms with Crippen molar-refractivity contribution in [2.24, 2.45) is 0 Å². The molecular formula is C10H17N3. The van der Waals surface area contributed by atoms with Crippen molar-refractivity contribution in [3.05, 3.63) is 17.7 Å². The average Bonchev–Trinajstić information content (AvgIpc) is 2.61. The van der Waals surface area contributed by atoms with Crippen LogP contribution in [-0.2, 0) is 6.42 Å². The van der Waals surface area contributed by atoms with E-state index >= 15 is 0 Å². The molecule has 0 spiro atoms. The third kappa shape index (κ3) is 1.27. The van der Waals surface area contributed by atoms with Gasteiger partial charge in [0.25, 0.3) is 0 Å². The SMILES string of the molecule is CNC1CCc2c1ncn2C(C)C. The number of nitrogens with one attached hydrogen (secondary N) is 1. The second-order valence-electron chi connectivity index (χ2n) is 3.96. The number of hydrogen-bond donors (Lipinski definition) is 1. The maximum atomic E-state index is 4.47. The molecule has 0 radical (unpaired) electrons. The van der Waals surface area contributed by atoms with Gasteiger partial charge in [-0.15, -0.1) is 0 Å². The largest absolute Gasteiger partial charge is 0.332 e. The molecule has 3 heteroatoms. The fourth-order valence-electron chi connectivity index (χ4n) is 2.09.